The van der Waals surface area contributed by atoms with E-state index in [1.807, 2.05) is 100 Å². The fourth-order valence-electron chi connectivity index (χ4n) is 3.51. The van der Waals surface area contributed by atoms with E-state index in [-0.39, 0.29) is 18.2 Å². The molecule has 7 heteroatoms. The van der Waals surface area contributed by atoms with Crippen molar-refractivity contribution < 1.29 is 14.2 Å². The third-order valence-corrected chi connectivity index (χ3v) is 5.94. The van der Waals surface area contributed by atoms with Gasteiger partial charge in [-0.05, 0) is 87.4 Å². The van der Waals surface area contributed by atoms with E-state index < -0.39 is 5.54 Å². The van der Waals surface area contributed by atoms with Gasteiger partial charge in [0.25, 0.3) is 6.02 Å². The van der Waals surface area contributed by atoms with E-state index in [1.54, 1.807) is 0 Å². The third kappa shape index (κ3) is 7.00. The Labute approximate surface area is 218 Å². The van der Waals surface area contributed by atoms with Gasteiger partial charge >= 0.3 is 0 Å². The molecule has 1 unspecified atom stereocenters. The van der Waals surface area contributed by atoms with E-state index in [0.29, 0.717) is 6.61 Å². The van der Waals surface area contributed by atoms with Crippen molar-refractivity contribution in [2.45, 2.75) is 45.4 Å². The molecule has 0 aromatic heterocycles. The summed E-state index contributed by atoms with van der Waals surface area (Å²) >= 11 is 6.88. The highest BCUT2D eigenvalue weighted by molar-refractivity contribution is 9.10. The van der Waals surface area contributed by atoms with Crippen LogP contribution in [0.25, 0.3) is 0 Å². The molecular weight excluding hydrogens is 560 g/mol. The van der Waals surface area contributed by atoms with Crippen molar-refractivity contribution in [3.05, 3.63) is 92.9 Å². The molecule has 4 rings (SSSR count). The molecule has 0 amide bonds. The molecule has 1 heterocycles. The first-order valence-electron chi connectivity index (χ1n) is 11.1. The van der Waals surface area contributed by atoms with Gasteiger partial charge in [0.15, 0.2) is 5.54 Å². The number of amidine groups is 1. The van der Waals surface area contributed by atoms with Crippen LogP contribution in [0.15, 0.2) is 86.7 Å². The third-order valence-electron chi connectivity index (χ3n) is 4.92. The van der Waals surface area contributed by atoms with Gasteiger partial charge in [-0.25, -0.2) is 4.99 Å². The Bertz CT molecular complexity index is 1100. The summed E-state index contributed by atoms with van der Waals surface area (Å²) in [6, 6.07) is 24.1. The number of nitrogens with two attached hydrogens (primary N) is 1. The van der Waals surface area contributed by atoms with Gasteiger partial charge in [-0.2, -0.15) is 0 Å². The molecule has 180 valence electrons. The minimum Gasteiger partial charge on any atom is -0.491 e. The highest BCUT2D eigenvalue weighted by Crippen LogP contribution is 2.39. The van der Waals surface area contributed by atoms with Crippen molar-refractivity contribution >= 4 is 37.9 Å². The van der Waals surface area contributed by atoms with Crippen LogP contribution < -0.4 is 15.2 Å². The first kappa shape index (κ1) is 26.1. The Kier molecular flexibility index (Phi) is 9.03. The second kappa shape index (κ2) is 11.8. The minimum absolute atomic E-state index is 0.142. The summed E-state index contributed by atoms with van der Waals surface area (Å²) in [7, 11) is 0. The number of halogens is 2. The largest absolute Gasteiger partial charge is 0.491 e. The van der Waals surface area contributed by atoms with Gasteiger partial charge in [-0.1, -0.05) is 56.1 Å². The predicted octanol–water partition coefficient (Wildman–Crippen LogP) is 7.06. The van der Waals surface area contributed by atoms with Crippen LogP contribution in [0.5, 0.6) is 11.5 Å². The molecule has 0 fully saturated rings. The molecule has 2 N–H and O–H groups in total. The van der Waals surface area contributed by atoms with E-state index >= 15 is 0 Å². The normalized spacial score (nSPS) is 17.0. The Hall–Kier alpha value is -2.51. The molecule has 5 nitrogen and oxygen atoms in total. The molecule has 0 saturated carbocycles. The van der Waals surface area contributed by atoms with Crippen LogP contribution >= 0.6 is 31.9 Å². The van der Waals surface area contributed by atoms with Gasteiger partial charge in [-0.15, -0.1) is 0 Å². The molecule has 0 spiro atoms. The number of aliphatic imine (C=N–C) groups is 1. The Morgan fingerprint density at radius 1 is 0.794 bits per heavy atom. The molecule has 3 aromatic carbocycles. The van der Waals surface area contributed by atoms with Gasteiger partial charge in [0.2, 0.25) is 0 Å². The lowest BCUT2D eigenvalue weighted by molar-refractivity contribution is 0.242. The maximum atomic E-state index is 5.81. The zero-order valence-corrected chi connectivity index (χ0v) is 23.0. The second-order valence-electron chi connectivity index (χ2n) is 8.42. The van der Waals surface area contributed by atoms with Crippen LogP contribution in [0, 0.1) is 0 Å². The Morgan fingerprint density at radius 3 is 1.82 bits per heavy atom. The number of rotatable bonds is 6. The molecule has 0 saturated heterocycles. The van der Waals surface area contributed by atoms with Crippen LogP contribution in [0.2, 0.25) is 0 Å². The van der Waals surface area contributed by atoms with Crippen molar-refractivity contribution in [1.29, 1.82) is 0 Å². The van der Waals surface area contributed by atoms with Gasteiger partial charge in [0, 0.05) is 8.95 Å². The number of ether oxygens (including phenoxy) is 3. The van der Waals surface area contributed by atoms with Gasteiger partial charge in [-0.3, -0.25) is 0 Å². The first-order valence-corrected chi connectivity index (χ1v) is 12.7. The van der Waals surface area contributed by atoms with E-state index in [9.17, 15) is 0 Å². The zero-order valence-electron chi connectivity index (χ0n) is 19.8. The molecule has 3 aromatic rings. The average molecular weight is 590 g/mol. The summed E-state index contributed by atoms with van der Waals surface area (Å²) < 4.78 is 18.7. The van der Waals surface area contributed by atoms with Crippen molar-refractivity contribution in [3.63, 3.8) is 0 Å². The molecule has 1 aliphatic rings. The molecule has 34 heavy (non-hydrogen) atoms. The van der Waals surface area contributed by atoms with Crippen LogP contribution in [-0.2, 0) is 10.3 Å². The summed E-state index contributed by atoms with van der Waals surface area (Å²) in [5, 5.41) is 0. The predicted molar refractivity (Wildman–Crippen MR) is 145 cm³/mol. The lowest BCUT2D eigenvalue weighted by Crippen LogP contribution is -2.27. The van der Waals surface area contributed by atoms with Crippen LogP contribution in [0.4, 0.5) is 0 Å². The van der Waals surface area contributed by atoms with Crippen LogP contribution in [0.1, 0.15) is 38.8 Å². The van der Waals surface area contributed by atoms with E-state index in [0.717, 1.165) is 31.6 Å². The van der Waals surface area contributed by atoms with E-state index in [4.69, 9.17) is 19.9 Å². The van der Waals surface area contributed by atoms with Crippen LogP contribution in [0.3, 0.4) is 0 Å². The summed E-state index contributed by atoms with van der Waals surface area (Å²) in [4.78, 5) is 4.60. The summed E-state index contributed by atoms with van der Waals surface area (Å²) in [6.45, 7) is 8.43. The Balaban J connectivity index is 0.000000248. The second-order valence-corrected chi connectivity index (χ2v) is 10.3. The lowest BCUT2D eigenvalue weighted by atomic mass is 9.84. The molecule has 0 aliphatic carbocycles. The maximum Gasteiger partial charge on any atom is 0.283 e. The highest BCUT2D eigenvalue weighted by Gasteiger charge is 2.40. The number of nitrogens with zero attached hydrogens (tertiary/aromatic N) is 1. The number of benzene rings is 3. The van der Waals surface area contributed by atoms with E-state index in [2.05, 4.69) is 36.9 Å². The van der Waals surface area contributed by atoms with Gasteiger partial charge < -0.3 is 19.9 Å². The van der Waals surface area contributed by atoms with Gasteiger partial charge in [0.1, 0.15) is 18.1 Å². The van der Waals surface area contributed by atoms with Gasteiger partial charge in [0.05, 0.1) is 12.2 Å². The van der Waals surface area contributed by atoms with E-state index in [1.165, 1.54) is 0 Å². The standard InChI is InChI=1S/C18H19BrN2O2.C9H11BrO/c1-12(2)23-16-8-6-13(7-9-16)18(11-22-17(20)21-18)14-4-3-5-15(19)10-14;1-7(2)11-9-5-3-8(10)4-6-9/h3-10,12H,11H2,1-2H3,(H2,20,21);3-7H,1-2H3. The monoisotopic (exact) mass is 588 g/mol. The summed E-state index contributed by atoms with van der Waals surface area (Å²) in [6.07, 6.45) is 0.388. The van der Waals surface area contributed by atoms with Crippen molar-refractivity contribution in [2.75, 3.05) is 6.61 Å². The summed E-state index contributed by atoms with van der Waals surface area (Å²) in [5.41, 5.74) is 7.24. The van der Waals surface area contributed by atoms with Crippen LogP contribution in [-0.4, -0.2) is 24.8 Å². The van der Waals surface area contributed by atoms with Crippen molar-refractivity contribution in [1.82, 2.24) is 0 Å². The summed E-state index contributed by atoms with van der Waals surface area (Å²) in [5.74, 6) is 1.76. The fourth-order valence-corrected chi connectivity index (χ4v) is 4.17. The molecule has 1 aliphatic heterocycles. The van der Waals surface area contributed by atoms with Crippen molar-refractivity contribution in [3.8, 4) is 11.5 Å². The topological polar surface area (TPSA) is 66.1 Å². The SMILES string of the molecule is CC(C)Oc1ccc(Br)cc1.CC(C)Oc1ccc(C2(c3cccc(Br)c3)COC(N)=N2)cc1. The Morgan fingerprint density at radius 2 is 1.35 bits per heavy atom. The minimum atomic E-state index is -0.621. The first-order chi connectivity index (χ1) is 16.2. The number of hydrogen-bond acceptors (Lipinski definition) is 5. The molecular formula is C27H30Br2N2O3. The quantitative estimate of drug-likeness (QED) is 0.334. The zero-order chi connectivity index (χ0) is 24.7. The smallest absolute Gasteiger partial charge is 0.283 e. The lowest BCUT2D eigenvalue weighted by Gasteiger charge is -2.25. The maximum absolute atomic E-state index is 5.81. The fraction of sp³-hybridized carbons (Fsp3) is 0.296. The molecule has 1 atom stereocenters. The highest BCUT2D eigenvalue weighted by atomic mass is 79.9. The average Bonchev–Trinajstić information content (AvgIpc) is 3.18. The molecule has 0 radical (unpaired) electrons. The van der Waals surface area contributed by atoms with Crippen molar-refractivity contribution in [2.24, 2.45) is 10.7 Å². The number of hydrogen-bond donors (Lipinski definition) is 1. The molecule has 0 bridgehead atoms.